The molecule has 0 heterocycles. The lowest BCUT2D eigenvalue weighted by molar-refractivity contribution is -0.00000915. The smallest absolute Gasteiger partial charge is 0.144 e. The number of hydrogen-bond donors (Lipinski definition) is 0. The lowest BCUT2D eigenvalue weighted by Gasteiger charge is -2.28. The van der Waals surface area contributed by atoms with E-state index in [9.17, 15) is 0 Å². The van der Waals surface area contributed by atoms with E-state index >= 15 is 0 Å². The van der Waals surface area contributed by atoms with Gasteiger partial charge >= 0.3 is 0 Å². The maximum absolute atomic E-state index is 2.37. The summed E-state index contributed by atoms with van der Waals surface area (Å²) in [6.45, 7) is 0. The summed E-state index contributed by atoms with van der Waals surface area (Å²) in [5.41, 5.74) is 9.80. The van der Waals surface area contributed by atoms with Gasteiger partial charge in [-0.15, -0.1) is 0 Å². The van der Waals surface area contributed by atoms with E-state index in [0.717, 1.165) is 0 Å². The number of benzene rings is 8. The van der Waals surface area contributed by atoms with Gasteiger partial charge in [-0.2, -0.15) is 0 Å². The van der Waals surface area contributed by atoms with Gasteiger partial charge in [0, 0.05) is 0 Å². The molecular formula is C48H36ClP. The van der Waals surface area contributed by atoms with Crippen molar-refractivity contribution in [1.29, 1.82) is 0 Å². The normalized spacial score (nSPS) is 11.0. The van der Waals surface area contributed by atoms with Gasteiger partial charge in [-0.25, -0.2) is 0 Å². The summed E-state index contributed by atoms with van der Waals surface area (Å²) in [6, 6.07) is 80.0. The molecule has 0 saturated heterocycles. The summed E-state index contributed by atoms with van der Waals surface area (Å²) in [5.74, 6) is 0. The van der Waals surface area contributed by atoms with Crippen LogP contribution in [0.4, 0.5) is 0 Å². The second kappa shape index (κ2) is 14.9. The fraction of sp³-hybridized carbons (Fsp3) is 0. The molecule has 0 aliphatic carbocycles. The summed E-state index contributed by atoms with van der Waals surface area (Å²) in [6.07, 6.45) is 0. The van der Waals surface area contributed by atoms with Crippen molar-refractivity contribution in [2.75, 3.05) is 0 Å². The topological polar surface area (TPSA) is 0 Å². The fourth-order valence-corrected chi connectivity index (χ4v) is 11.1. The van der Waals surface area contributed by atoms with Crippen molar-refractivity contribution in [3.63, 3.8) is 0 Å². The van der Waals surface area contributed by atoms with E-state index in [1.807, 2.05) is 0 Å². The maximum atomic E-state index is 2.37. The van der Waals surface area contributed by atoms with Gasteiger partial charge < -0.3 is 12.4 Å². The van der Waals surface area contributed by atoms with Crippen LogP contribution in [0.25, 0.3) is 44.5 Å². The highest BCUT2D eigenvalue weighted by Crippen LogP contribution is 2.55. The van der Waals surface area contributed by atoms with Gasteiger partial charge in [-0.3, -0.25) is 0 Å². The maximum Gasteiger partial charge on any atom is 0.144 e. The van der Waals surface area contributed by atoms with E-state index in [2.05, 4.69) is 218 Å². The molecular weight excluding hydrogens is 643 g/mol. The van der Waals surface area contributed by atoms with Gasteiger partial charge in [0.25, 0.3) is 0 Å². The molecule has 0 aliphatic heterocycles. The zero-order valence-electron chi connectivity index (χ0n) is 27.6. The van der Waals surface area contributed by atoms with Crippen molar-refractivity contribution in [3.05, 3.63) is 218 Å². The monoisotopic (exact) mass is 678 g/mol. The van der Waals surface area contributed by atoms with Gasteiger partial charge in [-0.05, 0) is 93.0 Å². The summed E-state index contributed by atoms with van der Waals surface area (Å²) >= 11 is 0. The zero-order valence-corrected chi connectivity index (χ0v) is 29.3. The molecule has 0 radical (unpaired) electrons. The van der Waals surface area contributed by atoms with Crippen molar-refractivity contribution in [1.82, 2.24) is 0 Å². The van der Waals surface area contributed by atoms with Crippen LogP contribution in [0.1, 0.15) is 0 Å². The molecule has 0 aliphatic rings. The lowest BCUT2D eigenvalue weighted by atomic mass is 10.1. The number of halogens is 1. The van der Waals surface area contributed by atoms with Gasteiger partial charge in [0.1, 0.15) is 28.5 Å². The van der Waals surface area contributed by atoms with Crippen molar-refractivity contribution >= 4 is 28.5 Å². The third kappa shape index (κ3) is 6.45. The molecule has 0 unspecified atom stereocenters. The SMILES string of the molecule is [Cl-].c1ccc(-c2ccc([P+](c3ccc(-c4ccccc4)cc3)(c3ccc(-c4ccccc4)cc3)c3ccc(-c4ccccc4)cc3)cc2)cc1. The largest absolute Gasteiger partial charge is 1.00 e. The van der Waals surface area contributed by atoms with E-state index in [1.54, 1.807) is 0 Å². The zero-order chi connectivity index (χ0) is 32.9. The Morgan fingerprint density at radius 2 is 0.340 bits per heavy atom. The minimum Gasteiger partial charge on any atom is -1.00 e. The Balaban J connectivity index is 0.00000392. The molecule has 8 aromatic rings. The molecule has 0 spiro atoms. The highest BCUT2D eigenvalue weighted by atomic mass is 35.5. The van der Waals surface area contributed by atoms with E-state index in [1.165, 1.54) is 65.7 Å². The van der Waals surface area contributed by atoms with Crippen LogP contribution in [0.15, 0.2) is 218 Å². The predicted octanol–water partition coefficient (Wildman–Crippen LogP) is 7.98. The van der Waals surface area contributed by atoms with Crippen molar-refractivity contribution in [2.24, 2.45) is 0 Å². The highest BCUT2D eigenvalue weighted by Gasteiger charge is 2.48. The molecule has 2 heteroatoms. The second-order valence-electron chi connectivity index (χ2n) is 12.3. The highest BCUT2D eigenvalue weighted by molar-refractivity contribution is 8.01. The minimum absolute atomic E-state index is 0. The second-order valence-corrected chi connectivity index (χ2v) is 15.7. The molecule has 0 saturated carbocycles. The van der Waals surface area contributed by atoms with Crippen LogP contribution < -0.4 is 33.6 Å². The predicted molar refractivity (Wildman–Crippen MR) is 213 cm³/mol. The van der Waals surface area contributed by atoms with E-state index in [4.69, 9.17) is 0 Å². The molecule has 0 atom stereocenters. The average Bonchev–Trinajstić information content (AvgIpc) is 3.20. The van der Waals surface area contributed by atoms with E-state index < -0.39 is 7.26 Å². The Labute approximate surface area is 302 Å². The Morgan fingerprint density at radius 1 is 0.180 bits per heavy atom. The molecule has 8 aromatic carbocycles. The first-order chi connectivity index (χ1) is 24.3. The van der Waals surface area contributed by atoms with Crippen LogP contribution in [-0.4, -0.2) is 0 Å². The van der Waals surface area contributed by atoms with Crippen LogP contribution in [0.2, 0.25) is 0 Å². The molecule has 0 N–H and O–H groups in total. The minimum atomic E-state index is -2.35. The van der Waals surface area contributed by atoms with Crippen LogP contribution in [0.5, 0.6) is 0 Å². The summed E-state index contributed by atoms with van der Waals surface area (Å²) in [5, 5.41) is 5.33. The molecule has 0 amide bonds. The first-order valence-electron chi connectivity index (χ1n) is 16.8. The van der Waals surface area contributed by atoms with Crippen molar-refractivity contribution < 1.29 is 12.4 Å². The number of hydrogen-bond acceptors (Lipinski definition) is 0. The molecule has 0 fully saturated rings. The van der Waals surface area contributed by atoms with Gasteiger partial charge in [0.2, 0.25) is 0 Å². The lowest BCUT2D eigenvalue weighted by Crippen LogP contribution is -3.00. The van der Waals surface area contributed by atoms with Gasteiger partial charge in [0.15, 0.2) is 0 Å². The van der Waals surface area contributed by atoms with Crippen molar-refractivity contribution in [2.45, 2.75) is 0 Å². The first-order valence-corrected chi connectivity index (χ1v) is 18.6. The van der Waals surface area contributed by atoms with Gasteiger partial charge in [-0.1, -0.05) is 170 Å². The molecule has 0 aromatic heterocycles. The van der Waals surface area contributed by atoms with Crippen LogP contribution in [0.3, 0.4) is 0 Å². The third-order valence-electron chi connectivity index (χ3n) is 9.45. The van der Waals surface area contributed by atoms with Crippen molar-refractivity contribution in [3.8, 4) is 44.5 Å². The molecule has 50 heavy (non-hydrogen) atoms. The average molecular weight is 679 g/mol. The Bertz CT molecular complexity index is 1910. The summed E-state index contributed by atoms with van der Waals surface area (Å²) in [4.78, 5) is 0. The molecule has 240 valence electrons. The summed E-state index contributed by atoms with van der Waals surface area (Å²) < 4.78 is 0. The number of rotatable bonds is 8. The Kier molecular flexibility index (Phi) is 9.86. The van der Waals surface area contributed by atoms with Crippen LogP contribution in [0, 0.1) is 0 Å². The fourth-order valence-electron chi connectivity index (χ4n) is 6.93. The third-order valence-corrected chi connectivity index (χ3v) is 13.7. The van der Waals surface area contributed by atoms with Crippen LogP contribution >= 0.6 is 7.26 Å². The Morgan fingerprint density at radius 3 is 0.520 bits per heavy atom. The quantitative estimate of drug-likeness (QED) is 0.143. The molecule has 8 rings (SSSR count). The Hall–Kier alpha value is -5.52. The van der Waals surface area contributed by atoms with E-state index in [-0.39, 0.29) is 12.4 Å². The molecule has 0 nitrogen and oxygen atoms in total. The van der Waals surface area contributed by atoms with Crippen LogP contribution in [-0.2, 0) is 0 Å². The van der Waals surface area contributed by atoms with E-state index in [0.29, 0.717) is 0 Å². The first kappa shape index (κ1) is 33.0. The standard InChI is InChI=1S/C48H36P.ClH/c1-5-13-37(14-6-1)41-21-29-45(30-22-41)49(46-31-23-42(24-32-46)38-15-7-2-8-16-38,47-33-25-43(26-34-47)39-17-9-3-10-18-39)48-35-27-44(28-36-48)40-19-11-4-12-20-40;/h1-36H;1H/q+1;/p-1. The van der Waals surface area contributed by atoms with Gasteiger partial charge in [0.05, 0.1) is 0 Å². The molecule has 0 bridgehead atoms. The summed E-state index contributed by atoms with van der Waals surface area (Å²) in [7, 11) is -2.35.